The van der Waals surface area contributed by atoms with Gasteiger partial charge in [-0.3, -0.25) is 4.90 Å². The van der Waals surface area contributed by atoms with E-state index in [1.54, 1.807) is 22.7 Å². The van der Waals surface area contributed by atoms with Gasteiger partial charge in [0.25, 0.3) is 0 Å². The lowest BCUT2D eigenvalue weighted by Gasteiger charge is -2.21. The Kier molecular flexibility index (Phi) is 5.00. The molecular formula is C15H22N4S2. The zero-order valence-corrected chi connectivity index (χ0v) is 14.3. The summed E-state index contributed by atoms with van der Waals surface area (Å²) in [5.74, 6) is 0.780. The highest BCUT2D eigenvalue weighted by Gasteiger charge is 2.24. The molecule has 4 nitrogen and oxygen atoms in total. The van der Waals surface area contributed by atoms with Gasteiger partial charge in [0, 0.05) is 36.4 Å². The standard InChI is InChI=1S/C15H22N4S2/c1-12-15(21-11-16-12)8-18(2)5-13-3-4-19(6-13)7-14-9-20-10-17-14/h9-11,13H,3-8H2,1-2H3/t13-/m0/s1. The molecule has 1 aliphatic heterocycles. The first-order valence-corrected chi connectivity index (χ1v) is 9.20. The summed E-state index contributed by atoms with van der Waals surface area (Å²) in [6, 6.07) is 0. The summed E-state index contributed by atoms with van der Waals surface area (Å²) in [5, 5.41) is 2.16. The van der Waals surface area contributed by atoms with Gasteiger partial charge in [-0.05, 0) is 32.9 Å². The Labute approximate surface area is 134 Å². The molecule has 0 spiro atoms. The van der Waals surface area contributed by atoms with Crippen LogP contribution >= 0.6 is 22.7 Å². The Morgan fingerprint density at radius 2 is 2.29 bits per heavy atom. The van der Waals surface area contributed by atoms with E-state index in [9.17, 15) is 0 Å². The minimum absolute atomic E-state index is 0.780. The quantitative estimate of drug-likeness (QED) is 0.818. The van der Waals surface area contributed by atoms with Gasteiger partial charge in [0.15, 0.2) is 0 Å². The topological polar surface area (TPSA) is 32.3 Å². The smallest absolute Gasteiger partial charge is 0.0798 e. The van der Waals surface area contributed by atoms with E-state index in [-0.39, 0.29) is 0 Å². The summed E-state index contributed by atoms with van der Waals surface area (Å²) in [6.45, 7) is 7.71. The van der Waals surface area contributed by atoms with Crippen molar-refractivity contribution in [2.75, 3.05) is 26.7 Å². The number of likely N-dealkylation sites (tertiary alicyclic amines) is 1. The lowest BCUT2D eigenvalue weighted by molar-refractivity contribution is 0.255. The van der Waals surface area contributed by atoms with Crippen molar-refractivity contribution in [3.05, 3.63) is 32.7 Å². The van der Waals surface area contributed by atoms with Gasteiger partial charge in [-0.25, -0.2) is 9.97 Å². The molecule has 0 saturated carbocycles. The van der Waals surface area contributed by atoms with E-state index in [1.807, 2.05) is 11.0 Å². The number of hydrogen-bond acceptors (Lipinski definition) is 6. The maximum absolute atomic E-state index is 4.39. The van der Waals surface area contributed by atoms with E-state index in [4.69, 9.17) is 0 Å². The van der Waals surface area contributed by atoms with Crippen molar-refractivity contribution >= 4 is 22.7 Å². The molecule has 0 amide bonds. The molecule has 0 aliphatic carbocycles. The number of rotatable bonds is 6. The van der Waals surface area contributed by atoms with Crippen LogP contribution in [0, 0.1) is 12.8 Å². The fourth-order valence-corrected chi connectivity index (χ4v) is 4.38. The third kappa shape index (κ3) is 4.10. The zero-order valence-electron chi connectivity index (χ0n) is 12.7. The van der Waals surface area contributed by atoms with Crippen molar-refractivity contribution < 1.29 is 0 Å². The third-order valence-corrected chi connectivity index (χ3v) is 5.62. The lowest BCUT2D eigenvalue weighted by atomic mass is 10.1. The van der Waals surface area contributed by atoms with Gasteiger partial charge < -0.3 is 4.90 Å². The number of aryl methyl sites for hydroxylation is 1. The second-order valence-corrected chi connectivity index (χ2v) is 7.59. The van der Waals surface area contributed by atoms with Gasteiger partial charge in [-0.1, -0.05) is 0 Å². The van der Waals surface area contributed by atoms with E-state index in [2.05, 4.69) is 39.1 Å². The molecule has 0 radical (unpaired) electrons. The van der Waals surface area contributed by atoms with Gasteiger partial charge >= 0.3 is 0 Å². The third-order valence-electron chi connectivity index (χ3n) is 4.07. The highest BCUT2D eigenvalue weighted by atomic mass is 32.1. The minimum Gasteiger partial charge on any atom is -0.301 e. The zero-order chi connectivity index (χ0) is 14.7. The molecule has 0 unspecified atom stereocenters. The van der Waals surface area contributed by atoms with Crippen LogP contribution in [0.4, 0.5) is 0 Å². The van der Waals surface area contributed by atoms with Crippen LogP contribution < -0.4 is 0 Å². The summed E-state index contributed by atoms with van der Waals surface area (Å²) < 4.78 is 0. The van der Waals surface area contributed by atoms with Crippen molar-refractivity contribution in [3.63, 3.8) is 0 Å². The second-order valence-electron chi connectivity index (χ2n) is 5.93. The normalized spacial score (nSPS) is 19.7. The average molecular weight is 323 g/mol. The molecule has 3 rings (SSSR count). The van der Waals surface area contributed by atoms with Crippen LogP contribution in [0.5, 0.6) is 0 Å². The Morgan fingerprint density at radius 1 is 1.38 bits per heavy atom. The van der Waals surface area contributed by atoms with E-state index in [0.717, 1.165) is 19.0 Å². The molecule has 3 heterocycles. The van der Waals surface area contributed by atoms with Gasteiger partial charge in [0.2, 0.25) is 0 Å². The van der Waals surface area contributed by atoms with E-state index < -0.39 is 0 Å². The number of thiazole rings is 2. The van der Waals surface area contributed by atoms with Crippen LogP contribution in [0.1, 0.15) is 22.7 Å². The fourth-order valence-electron chi connectivity index (χ4n) is 2.98. The predicted molar refractivity (Wildman–Crippen MR) is 88.7 cm³/mol. The number of hydrogen-bond donors (Lipinski definition) is 0. The lowest BCUT2D eigenvalue weighted by Crippen LogP contribution is -2.28. The molecule has 2 aromatic rings. The Morgan fingerprint density at radius 3 is 3.00 bits per heavy atom. The minimum atomic E-state index is 0.780. The van der Waals surface area contributed by atoms with Crippen LogP contribution in [-0.2, 0) is 13.1 Å². The van der Waals surface area contributed by atoms with Crippen molar-refractivity contribution in [2.45, 2.75) is 26.4 Å². The summed E-state index contributed by atoms with van der Waals surface area (Å²) >= 11 is 3.46. The molecule has 1 aliphatic rings. The maximum atomic E-state index is 4.39. The molecular weight excluding hydrogens is 300 g/mol. The Hall–Kier alpha value is -0.820. The molecule has 2 aromatic heterocycles. The Bertz CT molecular complexity index is 552. The van der Waals surface area contributed by atoms with Crippen LogP contribution in [0.3, 0.4) is 0 Å². The summed E-state index contributed by atoms with van der Waals surface area (Å²) in [7, 11) is 2.22. The van der Waals surface area contributed by atoms with E-state index in [1.165, 1.54) is 42.3 Å². The molecule has 0 bridgehead atoms. The van der Waals surface area contributed by atoms with Crippen molar-refractivity contribution in [3.8, 4) is 0 Å². The summed E-state index contributed by atoms with van der Waals surface area (Å²) in [6.07, 6.45) is 1.30. The van der Waals surface area contributed by atoms with Crippen molar-refractivity contribution in [1.29, 1.82) is 0 Å². The second kappa shape index (κ2) is 6.96. The monoisotopic (exact) mass is 322 g/mol. The van der Waals surface area contributed by atoms with Crippen molar-refractivity contribution in [1.82, 2.24) is 19.8 Å². The molecule has 0 aromatic carbocycles. The first kappa shape index (κ1) is 15.1. The summed E-state index contributed by atoms with van der Waals surface area (Å²) in [4.78, 5) is 15.1. The maximum Gasteiger partial charge on any atom is 0.0798 e. The van der Waals surface area contributed by atoms with Crippen LogP contribution in [0.15, 0.2) is 16.4 Å². The number of nitrogens with zero attached hydrogens (tertiary/aromatic N) is 4. The van der Waals surface area contributed by atoms with Gasteiger partial charge in [-0.2, -0.15) is 0 Å². The highest BCUT2D eigenvalue weighted by molar-refractivity contribution is 7.09. The largest absolute Gasteiger partial charge is 0.301 e. The fraction of sp³-hybridized carbons (Fsp3) is 0.600. The number of aromatic nitrogens is 2. The van der Waals surface area contributed by atoms with Gasteiger partial charge in [0.1, 0.15) is 0 Å². The van der Waals surface area contributed by atoms with Crippen LogP contribution in [0.25, 0.3) is 0 Å². The highest BCUT2D eigenvalue weighted by Crippen LogP contribution is 2.21. The van der Waals surface area contributed by atoms with E-state index >= 15 is 0 Å². The molecule has 6 heteroatoms. The molecule has 1 fully saturated rings. The SMILES string of the molecule is Cc1ncsc1CN(C)C[C@@H]1CCN(Cc2cscn2)C1. The first-order valence-electron chi connectivity index (χ1n) is 7.37. The summed E-state index contributed by atoms with van der Waals surface area (Å²) in [5.41, 5.74) is 6.27. The van der Waals surface area contributed by atoms with Crippen LogP contribution in [0.2, 0.25) is 0 Å². The molecule has 1 saturated heterocycles. The average Bonchev–Trinajstić information content (AvgIpc) is 3.16. The predicted octanol–water partition coefficient (Wildman–Crippen LogP) is 2.86. The van der Waals surface area contributed by atoms with Gasteiger partial charge in [0.05, 0.1) is 22.4 Å². The van der Waals surface area contributed by atoms with Crippen molar-refractivity contribution in [2.24, 2.45) is 5.92 Å². The first-order chi connectivity index (χ1) is 10.2. The molecule has 1 atom stereocenters. The molecule has 114 valence electrons. The molecule has 21 heavy (non-hydrogen) atoms. The Balaban J connectivity index is 1.45. The van der Waals surface area contributed by atoms with E-state index in [0.29, 0.717) is 0 Å². The van der Waals surface area contributed by atoms with Crippen LogP contribution in [-0.4, -0.2) is 46.4 Å². The molecule has 0 N–H and O–H groups in total. The van der Waals surface area contributed by atoms with Gasteiger partial charge in [-0.15, -0.1) is 22.7 Å².